The van der Waals surface area contributed by atoms with E-state index in [1.54, 1.807) is 6.92 Å². The molecular weight excluding hydrogens is 276 g/mol. The zero-order valence-corrected chi connectivity index (χ0v) is 12.7. The van der Waals surface area contributed by atoms with Crippen molar-refractivity contribution in [2.75, 3.05) is 44.2 Å². The van der Waals surface area contributed by atoms with Crippen LogP contribution in [0.15, 0.2) is 18.2 Å². The highest BCUT2D eigenvalue weighted by Crippen LogP contribution is 2.29. The molecule has 0 radical (unpaired) electrons. The molecule has 2 rings (SSSR count). The molecule has 0 spiro atoms. The second kappa shape index (κ2) is 7.27. The Morgan fingerprint density at radius 3 is 2.70 bits per heavy atom. The highest BCUT2D eigenvalue weighted by molar-refractivity contribution is 6.33. The van der Waals surface area contributed by atoms with Crippen LogP contribution in [0.1, 0.15) is 25.0 Å². The van der Waals surface area contributed by atoms with Crippen molar-refractivity contribution in [3.8, 4) is 0 Å². The van der Waals surface area contributed by atoms with E-state index in [9.17, 15) is 5.11 Å². The molecule has 1 aromatic rings. The molecule has 1 saturated heterocycles. The Hall–Kier alpha value is -0.810. The Kier molecular flexibility index (Phi) is 5.66. The number of hydrogen-bond donors (Lipinski definition) is 2. The number of hydrogen-bond acceptors (Lipinski definition) is 4. The quantitative estimate of drug-likeness (QED) is 0.891. The molecule has 5 heteroatoms. The fourth-order valence-electron chi connectivity index (χ4n) is 2.62. The van der Waals surface area contributed by atoms with E-state index < -0.39 is 6.10 Å². The van der Waals surface area contributed by atoms with Crippen molar-refractivity contribution < 1.29 is 10.2 Å². The fraction of sp³-hybridized carbons (Fsp3) is 0.600. The molecule has 1 fully saturated rings. The standard InChI is InChI=1S/C15H23ClN2O2/c1-12(20)13-3-4-15(14(16)11-13)18-6-2-5-17(7-8-18)9-10-19/h3-4,11-12,19-20H,2,5-10H2,1H3/t12-/m1/s1. The van der Waals surface area contributed by atoms with Gasteiger partial charge in [0, 0.05) is 26.2 Å². The van der Waals surface area contributed by atoms with Crippen molar-refractivity contribution >= 4 is 17.3 Å². The van der Waals surface area contributed by atoms with Gasteiger partial charge in [0.25, 0.3) is 0 Å². The zero-order valence-electron chi connectivity index (χ0n) is 11.9. The lowest BCUT2D eigenvalue weighted by Crippen LogP contribution is -2.32. The number of aliphatic hydroxyl groups excluding tert-OH is 2. The number of halogens is 1. The van der Waals surface area contributed by atoms with Gasteiger partial charge in [-0.15, -0.1) is 0 Å². The van der Waals surface area contributed by atoms with Crippen LogP contribution in [0.3, 0.4) is 0 Å². The summed E-state index contributed by atoms with van der Waals surface area (Å²) in [6.45, 7) is 6.52. The number of rotatable bonds is 4. The summed E-state index contributed by atoms with van der Waals surface area (Å²) in [4.78, 5) is 4.56. The van der Waals surface area contributed by atoms with Crippen molar-refractivity contribution in [1.82, 2.24) is 4.90 Å². The Bertz CT molecular complexity index is 440. The first-order valence-corrected chi connectivity index (χ1v) is 7.55. The lowest BCUT2D eigenvalue weighted by atomic mass is 10.1. The number of β-amino-alcohol motifs (C(OH)–C–C–N with tert-alkyl or cyclic N) is 1. The molecule has 1 aliphatic heterocycles. The van der Waals surface area contributed by atoms with E-state index in [0.29, 0.717) is 5.02 Å². The first-order valence-electron chi connectivity index (χ1n) is 7.17. The van der Waals surface area contributed by atoms with Crippen molar-refractivity contribution in [2.45, 2.75) is 19.4 Å². The molecule has 1 aliphatic rings. The molecule has 4 nitrogen and oxygen atoms in total. The van der Waals surface area contributed by atoms with Gasteiger partial charge in [-0.2, -0.15) is 0 Å². The van der Waals surface area contributed by atoms with Gasteiger partial charge in [0.05, 0.1) is 23.4 Å². The summed E-state index contributed by atoms with van der Waals surface area (Å²) in [7, 11) is 0. The van der Waals surface area contributed by atoms with Crippen LogP contribution in [0.25, 0.3) is 0 Å². The first kappa shape index (κ1) is 15.6. The van der Waals surface area contributed by atoms with Crippen molar-refractivity contribution in [3.63, 3.8) is 0 Å². The Labute approximate surface area is 125 Å². The minimum absolute atomic E-state index is 0.212. The van der Waals surface area contributed by atoms with E-state index in [1.807, 2.05) is 18.2 Å². The van der Waals surface area contributed by atoms with Crippen LogP contribution in [-0.2, 0) is 0 Å². The van der Waals surface area contributed by atoms with Crippen molar-refractivity contribution in [2.24, 2.45) is 0 Å². The molecule has 0 aliphatic carbocycles. The van der Waals surface area contributed by atoms with Crippen LogP contribution in [-0.4, -0.2) is 54.4 Å². The van der Waals surface area contributed by atoms with Gasteiger partial charge < -0.3 is 15.1 Å². The van der Waals surface area contributed by atoms with Gasteiger partial charge in [-0.3, -0.25) is 4.90 Å². The van der Waals surface area contributed by atoms with Gasteiger partial charge in [0.15, 0.2) is 0 Å². The highest BCUT2D eigenvalue weighted by atomic mass is 35.5. The molecule has 0 aromatic heterocycles. The predicted molar refractivity (Wildman–Crippen MR) is 82.4 cm³/mol. The molecule has 0 saturated carbocycles. The average Bonchev–Trinajstić information content (AvgIpc) is 2.65. The molecule has 0 bridgehead atoms. The molecule has 20 heavy (non-hydrogen) atoms. The summed E-state index contributed by atoms with van der Waals surface area (Å²) in [6.07, 6.45) is 0.569. The maximum Gasteiger partial charge on any atom is 0.0762 e. The van der Waals surface area contributed by atoms with Crippen molar-refractivity contribution in [3.05, 3.63) is 28.8 Å². The number of nitrogens with zero attached hydrogens (tertiary/aromatic N) is 2. The molecule has 1 heterocycles. The molecule has 2 N–H and O–H groups in total. The summed E-state index contributed by atoms with van der Waals surface area (Å²) in [6, 6.07) is 5.77. The molecule has 1 aromatic carbocycles. The van der Waals surface area contributed by atoms with E-state index in [1.165, 1.54) is 0 Å². The lowest BCUT2D eigenvalue weighted by molar-refractivity contribution is 0.199. The molecule has 1 atom stereocenters. The normalized spacial score (nSPS) is 18.9. The van der Waals surface area contributed by atoms with Crippen LogP contribution in [0.4, 0.5) is 5.69 Å². The summed E-state index contributed by atoms with van der Waals surface area (Å²) in [5.41, 5.74) is 1.87. The van der Waals surface area contributed by atoms with E-state index >= 15 is 0 Å². The molecule has 112 valence electrons. The second-order valence-electron chi connectivity index (χ2n) is 5.29. The molecule has 0 unspecified atom stereocenters. The minimum Gasteiger partial charge on any atom is -0.395 e. The summed E-state index contributed by atoms with van der Waals surface area (Å²) < 4.78 is 0. The third-order valence-corrected chi connectivity index (χ3v) is 4.10. The van der Waals surface area contributed by atoms with Crippen LogP contribution >= 0.6 is 11.6 Å². The summed E-state index contributed by atoms with van der Waals surface area (Å²) in [5.74, 6) is 0. The maximum atomic E-state index is 9.59. The lowest BCUT2D eigenvalue weighted by Gasteiger charge is -2.25. The van der Waals surface area contributed by atoms with Gasteiger partial charge in [-0.1, -0.05) is 17.7 Å². The number of anilines is 1. The van der Waals surface area contributed by atoms with Crippen LogP contribution in [0.2, 0.25) is 5.02 Å². The Morgan fingerprint density at radius 2 is 2.05 bits per heavy atom. The maximum absolute atomic E-state index is 9.59. The fourth-order valence-corrected chi connectivity index (χ4v) is 2.92. The topological polar surface area (TPSA) is 46.9 Å². The first-order chi connectivity index (χ1) is 9.61. The van der Waals surface area contributed by atoms with Gasteiger partial charge in [-0.25, -0.2) is 0 Å². The Balaban J connectivity index is 2.07. The third-order valence-electron chi connectivity index (χ3n) is 3.80. The third kappa shape index (κ3) is 3.85. The van der Waals surface area contributed by atoms with Gasteiger partial charge in [-0.05, 0) is 37.6 Å². The summed E-state index contributed by atoms with van der Waals surface area (Å²) in [5, 5.41) is 19.3. The van der Waals surface area contributed by atoms with Gasteiger partial charge in [0.1, 0.15) is 0 Å². The smallest absolute Gasteiger partial charge is 0.0762 e. The monoisotopic (exact) mass is 298 g/mol. The predicted octanol–water partition coefficient (Wildman–Crippen LogP) is 1.90. The van der Waals surface area contributed by atoms with E-state index in [0.717, 1.165) is 50.4 Å². The number of aliphatic hydroxyl groups is 2. The minimum atomic E-state index is -0.495. The average molecular weight is 299 g/mol. The van der Waals surface area contributed by atoms with Crippen LogP contribution in [0, 0.1) is 0 Å². The molecule has 0 amide bonds. The van der Waals surface area contributed by atoms with Crippen molar-refractivity contribution in [1.29, 1.82) is 0 Å². The second-order valence-corrected chi connectivity index (χ2v) is 5.70. The van der Waals surface area contributed by atoms with E-state index in [-0.39, 0.29) is 6.61 Å². The van der Waals surface area contributed by atoms with E-state index in [2.05, 4.69) is 9.80 Å². The number of benzene rings is 1. The van der Waals surface area contributed by atoms with Gasteiger partial charge in [0.2, 0.25) is 0 Å². The summed E-state index contributed by atoms with van der Waals surface area (Å²) >= 11 is 6.35. The highest BCUT2D eigenvalue weighted by Gasteiger charge is 2.17. The SMILES string of the molecule is C[C@@H](O)c1ccc(N2CCCN(CCO)CC2)c(Cl)c1. The molecular formula is C15H23ClN2O2. The van der Waals surface area contributed by atoms with Crippen LogP contribution < -0.4 is 4.90 Å². The largest absolute Gasteiger partial charge is 0.395 e. The van der Waals surface area contributed by atoms with Crippen LogP contribution in [0.5, 0.6) is 0 Å². The Morgan fingerprint density at radius 1 is 1.25 bits per heavy atom. The zero-order chi connectivity index (χ0) is 14.5. The van der Waals surface area contributed by atoms with Gasteiger partial charge >= 0.3 is 0 Å². The van der Waals surface area contributed by atoms with E-state index in [4.69, 9.17) is 16.7 Å².